The summed E-state index contributed by atoms with van der Waals surface area (Å²) in [6, 6.07) is 17.8. The molecule has 0 unspecified atom stereocenters. The molecule has 3 rings (SSSR count). The van der Waals surface area contributed by atoms with Gasteiger partial charge in [-0.1, -0.05) is 42.5 Å². The summed E-state index contributed by atoms with van der Waals surface area (Å²) in [4.78, 5) is 2.95. The Kier molecular flexibility index (Phi) is 3.63. The lowest BCUT2D eigenvalue weighted by Gasteiger charge is -2.21. The van der Waals surface area contributed by atoms with Crippen LogP contribution in [0.15, 0.2) is 53.4 Å². The number of likely N-dealkylation sites (N-methyl/N-ethyl adjacent to an activating group) is 1. The van der Waals surface area contributed by atoms with E-state index in [1.54, 1.807) is 0 Å². The molecular weight excluding hydrogens is 250 g/mol. The molecule has 1 aliphatic rings. The molecule has 0 radical (unpaired) electrons. The Morgan fingerprint density at radius 3 is 2.47 bits per heavy atom. The van der Waals surface area contributed by atoms with Gasteiger partial charge < -0.3 is 4.90 Å². The first-order chi connectivity index (χ1) is 9.25. The molecule has 2 aromatic carbocycles. The van der Waals surface area contributed by atoms with Gasteiger partial charge in [-0.25, -0.2) is 0 Å². The number of fused-ring (bicyclic) bond motifs is 2. The van der Waals surface area contributed by atoms with E-state index in [2.05, 4.69) is 62.6 Å². The maximum Gasteiger partial charge on any atom is 0.0878 e. The second kappa shape index (κ2) is 5.40. The number of quaternary nitrogens is 1. The largest absolute Gasteiger partial charge is 0.339 e. The molecule has 2 aromatic rings. The van der Waals surface area contributed by atoms with Crippen LogP contribution >= 0.6 is 11.8 Å². The van der Waals surface area contributed by atoms with Crippen molar-refractivity contribution in [3.05, 3.63) is 65.2 Å². The summed E-state index contributed by atoms with van der Waals surface area (Å²) in [5.74, 6) is 1.61. The lowest BCUT2D eigenvalue weighted by atomic mass is 9.88. The van der Waals surface area contributed by atoms with Crippen molar-refractivity contribution < 1.29 is 4.90 Å². The molecule has 0 saturated heterocycles. The van der Waals surface area contributed by atoms with Crippen molar-refractivity contribution in [1.82, 2.24) is 0 Å². The van der Waals surface area contributed by atoms with Crippen molar-refractivity contribution in [2.45, 2.75) is 16.6 Å². The number of rotatable bonds is 2. The maximum atomic E-state index is 2.31. The Hall–Kier alpha value is -1.25. The minimum atomic E-state index is 0.521. The van der Waals surface area contributed by atoms with E-state index in [0.717, 1.165) is 12.3 Å². The van der Waals surface area contributed by atoms with Crippen LogP contribution in [-0.4, -0.2) is 20.6 Å². The van der Waals surface area contributed by atoms with E-state index in [1.165, 1.54) is 26.5 Å². The molecular formula is C17H20NS+. The lowest BCUT2D eigenvalue weighted by Crippen LogP contribution is -3.06. The van der Waals surface area contributed by atoms with Crippen LogP contribution in [0.4, 0.5) is 0 Å². The Morgan fingerprint density at radius 1 is 1.00 bits per heavy atom. The van der Waals surface area contributed by atoms with Crippen LogP contribution in [0.2, 0.25) is 0 Å². The topological polar surface area (TPSA) is 4.44 Å². The molecule has 0 fully saturated rings. The standard InChI is InChI=1S/C17H19NS/c1-18(2)11-16-14-8-4-3-7-13(14)12-19-17-10-6-5-9-15(16)17/h3-10,16H,11-12H2,1-2H3/p+1/t16-/m1/s1. The van der Waals surface area contributed by atoms with Gasteiger partial charge in [0.15, 0.2) is 0 Å². The number of thioether (sulfide) groups is 1. The fraction of sp³-hybridized carbons (Fsp3) is 0.294. The van der Waals surface area contributed by atoms with Gasteiger partial charge in [0.25, 0.3) is 0 Å². The van der Waals surface area contributed by atoms with Gasteiger partial charge in [-0.05, 0) is 22.8 Å². The third kappa shape index (κ3) is 2.56. The number of hydrogen-bond acceptors (Lipinski definition) is 1. The fourth-order valence-electron chi connectivity index (χ4n) is 2.86. The van der Waals surface area contributed by atoms with Crippen LogP contribution in [0.5, 0.6) is 0 Å². The van der Waals surface area contributed by atoms with Gasteiger partial charge in [0.1, 0.15) is 0 Å². The number of hydrogen-bond donors (Lipinski definition) is 1. The second-order valence-electron chi connectivity index (χ2n) is 5.49. The van der Waals surface area contributed by atoms with Gasteiger partial charge in [0, 0.05) is 10.6 Å². The summed E-state index contributed by atoms with van der Waals surface area (Å²) < 4.78 is 0. The molecule has 19 heavy (non-hydrogen) atoms. The van der Waals surface area contributed by atoms with Gasteiger partial charge in [-0.3, -0.25) is 0 Å². The smallest absolute Gasteiger partial charge is 0.0878 e. The summed E-state index contributed by atoms with van der Waals surface area (Å²) in [6.45, 7) is 1.15. The predicted octanol–water partition coefficient (Wildman–Crippen LogP) is 2.57. The molecule has 1 aliphatic heterocycles. The molecule has 1 heterocycles. The van der Waals surface area contributed by atoms with Crippen LogP contribution in [0, 0.1) is 0 Å². The van der Waals surface area contributed by atoms with Crippen molar-refractivity contribution in [1.29, 1.82) is 0 Å². The molecule has 0 aromatic heterocycles. The van der Waals surface area contributed by atoms with Gasteiger partial charge in [-0.15, -0.1) is 11.8 Å². The van der Waals surface area contributed by atoms with Gasteiger partial charge in [0.05, 0.1) is 26.6 Å². The van der Waals surface area contributed by atoms with Gasteiger partial charge in [0.2, 0.25) is 0 Å². The average molecular weight is 270 g/mol. The molecule has 0 bridgehead atoms. The Bertz CT molecular complexity index is 529. The number of nitrogens with one attached hydrogen (secondary N) is 1. The van der Waals surface area contributed by atoms with Crippen LogP contribution in [-0.2, 0) is 5.75 Å². The van der Waals surface area contributed by atoms with Crippen LogP contribution in [0.3, 0.4) is 0 Å². The highest BCUT2D eigenvalue weighted by Gasteiger charge is 2.25. The van der Waals surface area contributed by atoms with E-state index < -0.39 is 0 Å². The van der Waals surface area contributed by atoms with E-state index in [9.17, 15) is 0 Å². The number of benzene rings is 2. The van der Waals surface area contributed by atoms with E-state index >= 15 is 0 Å². The summed E-state index contributed by atoms with van der Waals surface area (Å²) in [5.41, 5.74) is 4.51. The highest BCUT2D eigenvalue weighted by Crippen LogP contribution is 2.39. The monoisotopic (exact) mass is 270 g/mol. The Balaban J connectivity index is 2.13. The fourth-order valence-corrected chi connectivity index (χ4v) is 3.98. The molecule has 0 spiro atoms. The minimum Gasteiger partial charge on any atom is -0.339 e. The normalized spacial score (nSPS) is 17.7. The molecule has 1 atom stereocenters. The van der Waals surface area contributed by atoms with E-state index in [1.807, 2.05) is 11.8 Å². The molecule has 0 aliphatic carbocycles. The molecule has 0 saturated carbocycles. The highest BCUT2D eigenvalue weighted by atomic mass is 32.2. The zero-order valence-corrected chi connectivity index (χ0v) is 12.3. The van der Waals surface area contributed by atoms with Crippen LogP contribution in [0.25, 0.3) is 0 Å². The third-order valence-electron chi connectivity index (χ3n) is 3.72. The average Bonchev–Trinajstić information content (AvgIpc) is 2.57. The Morgan fingerprint density at radius 2 is 1.68 bits per heavy atom. The van der Waals surface area contributed by atoms with E-state index in [-0.39, 0.29) is 0 Å². The van der Waals surface area contributed by atoms with Crippen molar-refractivity contribution in [2.75, 3.05) is 20.6 Å². The first kappa shape index (κ1) is 12.8. The SMILES string of the molecule is C[NH+](C)C[C@@H]1c2ccccc2CSc2ccccc21. The highest BCUT2D eigenvalue weighted by molar-refractivity contribution is 7.98. The molecule has 0 amide bonds. The summed E-state index contributed by atoms with van der Waals surface area (Å²) in [6.07, 6.45) is 0. The van der Waals surface area contributed by atoms with Crippen LogP contribution in [0.1, 0.15) is 22.6 Å². The predicted molar refractivity (Wildman–Crippen MR) is 82.0 cm³/mol. The van der Waals surface area contributed by atoms with Crippen molar-refractivity contribution in [3.63, 3.8) is 0 Å². The molecule has 98 valence electrons. The third-order valence-corrected chi connectivity index (χ3v) is 4.86. The quantitative estimate of drug-likeness (QED) is 0.879. The van der Waals surface area contributed by atoms with E-state index in [0.29, 0.717) is 5.92 Å². The first-order valence-corrected chi connectivity index (χ1v) is 7.83. The summed E-state index contributed by atoms with van der Waals surface area (Å²) >= 11 is 1.97. The Labute approximate surface area is 119 Å². The molecule has 1 nitrogen and oxygen atoms in total. The second-order valence-corrected chi connectivity index (χ2v) is 6.51. The van der Waals surface area contributed by atoms with Crippen molar-refractivity contribution in [2.24, 2.45) is 0 Å². The minimum absolute atomic E-state index is 0.521. The zero-order valence-electron chi connectivity index (χ0n) is 11.5. The van der Waals surface area contributed by atoms with Crippen molar-refractivity contribution in [3.8, 4) is 0 Å². The molecule has 1 N–H and O–H groups in total. The lowest BCUT2D eigenvalue weighted by molar-refractivity contribution is -0.859. The van der Waals surface area contributed by atoms with Crippen LogP contribution < -0.4 is 4.90 Å². The van der Waals surface area contributed by atoms with Gasteiger partial charge in [-0.2, -0.15) is 0 Å². The van der Waals surface area contributed by atoms with Gasteiger partial charge >= 0.3 is 0 Å². The maximum absolute atomic E-state index is 2.31. The summed E-state index contributed by atoms with van der Waals surface area (Å²) in [7, 11) is 4.48. The van der Waals surface area contributed by atoms with Crippen molar-refractivity contribution >= 4 is 11.8 Å². The first-order valence-electron chi connectivity index (χ1n) is 6.84. The summed E-state index contributed by atoms with van der Waals surface area (Å²) in [5, 5.41) is 0. The zero-order chi connectivity index (χ0) is 13.2. The van der Waals surface area contributed by atoms with E-state index in [4.69, 9.17) is 0 Å². The molecule has 2 heteroatoms.